The van der Waals surface area contributed by atoms with Gasteiger partial charge in [-0.3, -0.25) is 4.79 Å². The van der Waals surface area contributed by atoms with Crippen molar-refractivity contribution in [3.63, 3.8) is 0 Å². The molecule has 0 atom stereocenters. The van der Waals surface area contributed by atoms with Crippen LogP contribution < -0.4 is 10.4 Å². The lowest BCUT2D eigenvalue weighted by Gasteiger charge is -2.15. The van der Waals surface area contributed by atoms with Gasteiger partial charge in [-0.1, -0.05) is 5.57 Å². The molecule has 1 aromatic carbocycles. The van der Waals surface area contributed by atoms with Crippen LogP contribution in [0.15, 0.2) is 51.2 Å². The highest BCUT2D eigenvalue weighted by Gasteiger charge is 2.22. The highest BCUT2D eigenvalue weighted by atomic mass is 16.5. The van der Waals surface area contributed by atoms with Gasteiger partial charge >= 0.3 is 5.63 Å². The number of fused-ring (bicyclic) bond motifs is 1. The SMILES string of the molecule is CC(=CCOc1ccc2ccc(=O)oc2c1)CCC(=O)C(C)(C)O. The zero-order chi connectivity index (χ0) is 17.7. The Bertz CT molecular complexity index is 808. The Balaban J connectivity index is 1.91. The average molecular weight is 330 g/mol. The van der Waals surface area contributed by atoms with E-state index in [-0.39, 0.29) is 5.78 Å². The number of ether oxygens (including phenoxy) is 1. The van der Waals surface area contributed by atoms with Crippen LogP contribution >= 0.6 is 0 Å². The molecule has 0 aliphatic heterocycles. The third-order valence-electron chi connectivity index (χ3n) is 3.71. The van der Waals surface area contributed by atoms with Crippen molar-refractivity contribution in [3.8, 4) is 5.75 Å². The Morgan fingerprint density at radius 1 is 1.25 bits per heavy atom. The van der Waals surface area contributed by atoms with Gasteiger partial charge in [-0.15, -0.1) is 0 Å². The van der Waals surface area contributed by atoms with Crippen LogP contribution in [0.1, 0.15) is 33.6 Å². The first-order valence-electron chi connectivity index (χ1n) is 7.84. The maximum absolute atomic E-state index is 11.7. The molecule has 0 saturated heterocycles. The van der Waals surface area contributed by atoms with Crippen molar-refractivity contribution in [2.75, 3.05) is 6.61 Å². The summed E-state index contributed by atoms with van der Waals surface area (Å²) in [6, 6.07) is 8.39. The molecule has 0 aliphatic carbocycles. The van der Waals surface area contributed by atoms with E-state index in [0.29, 0.717) is 30.8 Å². The van der Waals surface area contributed by atoms with Crippen molar-refractivity contribution in [3.05, 3.63) is 52.4 Å². The molecule has 5 nitrogen and oxygen atoms in total. The molecule has 24 heavy (non-hydrogen) atoms. The van der Waals surface area contributed by atoms with Crippen molar-refractivity contribution in [1.29, 1.82) is 0 Å². The van der Waals surface area contributed by atoms with E-state index >= 15 is 0 Å². The molecule has 1 aromatic heterocycles. The number of hydrogen-bond donors (Lipinski definition) is 1. The maximum atomic E-state index is 11.7. The molecule has 0 bridgehead atoms. The molecule has 0 amide bonds. The number of carbonyl (C=O) groups excluding carboxylic acids is 1. The fourth-order valence-electron chi connectivity index (χ4n) is 2.13. The maximum Gasteiger partial charge on any atom is 0.336 e. The summed E-state index contributed by atoms with van der Waals surface area (Å²) < 4.78 is 10.7. The van der Waals surface area contributed by atoms with Crippen molar-refractivity contribution < 1.29 is 19.1 Å². The van der Waals surface area contributed by atoms with Gasteiger partial charge < -0.3 is 14.3 Å². The van der Waals surface area contributed by atoms with Crippen molar-refractivity contribution in [1.82, 2.24) is 0 Å². The van der Waals surface area contributed by atoms with Gasteiger partial charge in [0.15, 0.2) is 5.78 Å². The zero-order valence-electron chi connectivity index (χ0n) is 14.2. The molecule has 1 heterocycles. The van der Waals surface area contributed by atoms with Crippen LogP contribution in [-0.2, 0) is 4.79 Å². The van der Waals surface area contributed by atoms with Crippen LogP contribution in [0.25, 0.3) is 11.0 Å². The Kier molecular flexibility index (Phi) is 5.57. The highest BCUT2D eigenvalue weighted by molar-refractivity contribution is 5.86. The Morgan fingerprint density at radius 3 is 2.67 bits per heavy atom. The third-order valence-corrected chi connectivity index (χ3v) is 3.71. The summed E-state index contributed by atoms with van der Waals surface area (Å²) in [5.74, 6) is 0.425. The lowest BCUT2D eigenvalue weighted by Crippen LogP contribution is -2.30. The molecule has 0 radical (unpaired) electrons. The van der Waals surface area contributed by atoms with Gasteiger partial charge in [0.25, 0.3) is 0 Å². The summed E-state index contributed by atoms with van der Waals surface area (Å²) >= 11 is 0. The molecule has 0 spiro atoms. The summed E-state index contributed by atoms with van der Waals surface area (Å²) in [5.41, 5.74) is -0.186. The van der Waals surface area contributed by atoms with E-state index in [1.54, 1.807) is 12.1 Å². The molecule has 0 aliphatic rings. The lowest BCUT2D eigenvalue weighted by molar-refractivity contribution is -0.134. The number of aliphatic hydroxyl groups is 1. The van der Waals surface area contributed by atoms with Gasteiger partial charge in [0, 0.05) is 23.9 Å². The van der Waals surface area contributed by atoms with E-state index in [9.17, 15) is 14.7 Å². The Labute approximate surface area is 140 Å². The van der Waals surface area contributed by atoms with Crippen LogP contribution in [0.5, 0.6) is 5.75 Å². The number of Topliss-reactive ketones (excluding diaryl/α,β-unsaturated/α-hetero) is 1. The number of hydrogen-bond acceptors (Lipinski definition) is 5. The van der Waals surface area contributed by atoms with Gasteiger partial charge in [0.1, 0.15) is 23.5 Å². The van der Waals surface area contributed by atoms with Crippen LogP contribution in [0.4, 0.5) is 0 Å². The highest BCUT2D eigenvalue weighted by Crippen LogP contribution is 2.19. The number of rotatable bonds is 7. The first kappa shape index (κ1) is 17.9. The molecule has 5 heteroatoms. The zero-order valence-corrected chi connectivity index (χ0v) is 14.2. The van der Waals surface area contributed by atoms with E-state index < -0.39 is 11.2 Å². The van der Waals surface area contributed by atoms with Crippen LogP contribution in [0.2, 0.25) is 0 Å². The predicted octanol–water partition coefficient (Wildman–Crippen LogP) is 3.24. The Morgan fingerprint density at radius 2 is 1.96 bits per heavy atom. The second kappa shape index (κ2) is 7.45. The van der Waals surface area contributed by atoms with Gasteiger partial charge in [0.05, 0.1) is 0 Å². The number of ketones is 1. The summed E-state index contributed by atoms with van der Waals surface area (Å²) in [5, 5.41) is 10.4. The number of carbonyl (C=O) groups is 1. The van der Waals surface area contributed by atoms with Gasteiger partial charge in [0.2, 0.25) is 0 Å². The van der Waals surface area contributed by atoms with E-state index in [0.717, 1.165) is 11.0 Å². The minimum absolute atomic E-state index is 0.180. The first-order chi connectivity index (χ1) is 11.3. The molecular formula is C19H22O5. The largest absolute Gasteiger partial charge is 0.489 e. The summed E-state index contributed by atoms with van der Waals surface area (Å²) in [7, 11) is 0. The smallest absolute Gasteiger partial charge is 0.336 e. The molecule has 128 valence electrons. The number of benzene rings is 1. The topological polar surface area (TPSA) is 76.7 Å². The summed E-state index contributed by atoms with van der Waals surface area (Å²) in [6.07, 6.45) is 2.77. The second-order valence-electron chi connectivity index (χ2n) is 6.30. The third kappa shape index (κ3) is 5.06. The average Bonchev–Trinajstić information content (AvgIpc) is 2.51. The monoisotopic (exact) mass is 330 g/mol. The molecule has 0 saturated carbocycles. The quantitative estimate of drug-likeness (QED) is 0.623. The molecule has 2 rings (SSSR count). The Hall–Kier alpha value is -2.40. The van der Waals surface area contributed by atoms with Gasteiger partial charge in [-0.25, -0.2) is 4.79 Å². The van der Waals surface area contributed by atoms with E-state index in [1.807, 2.05) is 25.1 Å². The lowest BCUT2D eigenvalue weighted by atomic mass is 9.98. The van der Waals surface area contributed by atoms with E-state index in [2.05, 4.69) is 0 Å². The van der Waals surface area contributed by atoms with Crippen molar-refractivity contribution >= 4 is 16.8 Å². The van der Waals surface area contributed by atoms with Gasteiger partial charge in [-0.05, 0) is 51.5 Å². The van der Waals surface area contributed by atoms with Crippen molar-refractivity contribution in [2.24, 2.45) is 0 Å². The summed E-state index contributed by atoms with van der Waals surface area (Å²) in [6.45, 7) is 5.26. The molecule has 2 aromatic rings. The van der Waals surface area contributed by atoms with Crippen LogP contribution in [0.3, 0.4) is 0 Å². The summed E-state index contributed by atoms with van der Waals surface area (Å²) in [4.78, 5) is 22.9. The predicted molar refractivity (Wildman–Crippen MR) is 92.3 cm³/mol. The fraction of sp³-hybridized carbons (Fsp3) is 0.368. The number of allylic oxidation sites excluding steroid dienone is 1. The van der Waals surface area contributed by atoms with Gasteiger partial charge in [-0.2, -0.15) is 0 Å². The van der Waals surface area contributed by atoms with Crippen LogP contribution in [0, 0.1) is 0 Å². The fourth-order valence-corrected chi connectivity index (χ4v) is 2.13. The molecule has 0 fully saturated rings. The van der Waals surface area contributed by atoms with Crippen molar-refractivity contribution in [2.45, 2.75) is 39.2 Å². The minimum Gasteiger partial charge on any atom is -0.489 e. The normalized spacial score (nSPS) is 12.4. The van der Waals surface area contributed by atoms with Crippen LogP contribution in [-0.4, -0.2) is 23.1 Å². The van der Waals surface area contributed by atoms with E-state index in [1.165, 1.54) is 19.9 Å². The standard InChI is InChI=1S/C19H22O5/c1-13(4-8-17(20)19(2,3)22)10-11-23-15-7-5-14-6-9-18(21)24-16(14)12-15/h5-7,9-10,12,22H,4,8,11H2,1-3H3. The van der Waals surface area contributed by atoms with E-state index in [4.69, 9.17) is 9.15 Å². The molecule has 0 unspecified atom stereocenters. The molecule has 1 N–H and O–H groups in total. The first-order valence-corrected chi connectivity index (χ1v) is 7.84. The minimum atomic E-state index is -1.29. The molecular weight excluding hydrogens is 308 g/mol. The second-order valence-corrected chi connectivity index (χ2v) is 6.30.